The van der Waals surface area contributed by atoms with E-state index in [4.69, 9.17) is 0 Å². The highest BCUT2D eigenvalue weighted by atomic mass is 32.2. The molecule has 7 heteroatoms. The van der Waals surface area contributed by atoms with Crippen molar-refractivity contribution in [2.45, 2.75) is 6.18 Å². The van der Waals surface area contributed by atoms with E-state index in [1.165, 1.54) is 4.90 Å². The molecule has 0 saturated heterocycles. The van der Waals surface area contributed by atoms with Gasteiger partial charge in [-0.05, 0) is 6.26 Å². The lowest BCUT2D eigenvalue weighted by atomic mass is 10.5. The molecule has 0 rings (SSSR count). The van der Waals surface area contributed by atoms with Crippen LogP contribution in [0, 0.1) is 0 Å². The van der Waals surface area contributed by atoms with Crippen molar-refractivity contribution in [3.05, 3.63) is 0 Å². The van der Waals surface area contributed by atoms with Gasteiger partial charge in [0.15, 0.2) is 0 Å². The van der Waals surface area contributed by atoms with Crippen LogP contribution in [0.1, 0.15) is 0 Å². The summed E-state index contributed by atoms with van der Waals surface area (Å²) in [6.45, 7) is -0.854. The highest BCUT2D eigenvalue weighted by Gasteiger charge is 2.26. The molecule has 0 aromatic heterocycles. The Morgan fingerprint density at radius 1 is 1.47 bits per heavy atom. The third-order valence-corrected chi connectivity index (χ3v) is 2.25. The monoisotopic (exact) mass is 244 g/mol. The van der Waals surface area contributed by atoms with Crippen molar-refractivity contribution >= 4 is 17.7 Å². The summed E-state index contributed by atoms with van der Waals surface area (Å²) in [5.74, 6) is 0.454. The van der Waals surface area contributed by atoms with E-state index in [-0.39, 0.29) is 12.5 Å². The van der Waals surface area contributed by atoms with Crippen LogP contribution in [0.5, 0.6) is 0 Å². The molecule has 0 aliphatic carbocycles. The minimum atomic E-state index is -4.27. The summed E-state index contributed by atoms with van der Waals surface area (Å²) in [4.78, 5) is 12.6. The fraction of sp³-hybridized carbons (Fsp3) is 0.875. The number of hydrogen-bond donors (Lipinski definition) is 1. The van der Waals surface area contributed by atoms with Crippen LogP contribution in [-0.2, 0) is 4.79 Å². The van der Waals surface area contributed by atoms with Crippen LogP contribution in [0.25, 0.3) is 0 Å². The molecule has 1 N–H and O–H groups in total. The van der Waals surface area contributed by atoms with Crippen molar-refractivity contribution in [1.82, 2.24) is 10.2 Å². The standard InChI is InChI=1S/C8H15F3N2OS/c1-13(3-4-15-2)7(14)5-12-6-8(9,10)11/h12H,3-6H2,1-2H3. The van der Waals surface area contributed by atoms with E-state index in [0.29, 0.717) is 6.54 Å². The third kappa shape index (κ3) is 8.56. The summed E-state index contributed by atoms with van der Waals surface area (Å²) in [5.41, 5.74) is 0. The lowest BCUT2D eigenvalue weighted by molar-refractivity contribution is -0.133. The molecule has 0 bridgehead atoms. The number of amides is 1. The Bertz CT molecular complexity index is 199. The highest BCUT2D eigenvalue weighted by Crippen LogP contribution is 2.11. The zero-order valence-corrected chi connectivity index (χ0v) is 9.54. The Balaban J connectivity index is 3.64. The summed E-state index contributed by atoms with van der Waals surface area (Å²) < 4.78 is 35.2. The summed E-state index contributed by atoms with van der Waals surface area (Å²) >= 11 is 1.58. The van der Waals surface area contributed by atoms with E-state index >= 15 is 0 Å². The van der Waals surface area contributed by atoms with Gasteiger partial charge in [-0.2, -0.15) is 24.9 Å². The summed E-state index contributed by atoms with van der Waals surface area (Å²) in [7, 11) is 1.58. The summed E-state index contributed by atoms with van der Waals surface area (Å²) in [6, 6.07) is 0. The smallest absolute Gasteiger partial charge is 0.344 e. The molecule has 15 heavy (non-hydrogen) atoms. The molecule has 0 saturated carbocycles. The van der Waals surface area contributed by atoms with Crippen LogP contribution in [0.3, 0.4) is 0 Å². The van der Waals surface area contributed by atoms with Crippen LogP contribution in [0.2, 0.25) is 0 Å². The molecule has 0 aliphatic heterocycles. The molecular weight excluding hydrogens is 229 g/mol. The molecule has 0 radical (unpaired) electrons. The van der Waals surface area contributed by atoms with Crippen LogP contribution >= 0.6 is 11.8 Å². The van der Waals surface area contributed by atoms with Crippen LogP contribution in [0.15, 0.2) is 0 Å². The van der Waals surface area contributed by atoms with Crippen molar-refractivity contribution < 1.29 is 18.0 Å². The fourth-order valence-electron chi connectivity index (χ4n) is 0.799. The lowest BCUT2D eigenvalue weighted by Crippen LogP contribution is -2.39. The first-order chi connectivity index (χ1) is 6.87. The van der Waals surface area contributed by atoms with Gasteiger partial charge in [0.05, 0.1) is 13.1 Å². The number of rotatable bonds is 6. The zero-order chi connectivity index (χ0) is 11.9. The quantitative estimate of drug-likeness (QED) is 0.755. The Labute approximate surface area is 91.4 Å². The van der Waals surface area contributed by atoms with Crippen LogP contribution < -0.4 is 5.32 Å². The predicted molar refractivity (Wildman–Crippen MR) is 54.9 cm³/mol. The van der Waals surface area contributed by atoms with Crippen molar-refractivity contribution in [2.75, 3.05) is 38.7 Å². The Kier molecular flexibility index (Phi) is 6.75. The van der Waals surface area contributed by atoms with Gasteiger partial charge in [0.2, 0.25) is 5.91 Å². The van der Waals surface area contributed by atoms with Gasteiger partial charge < -0.3 is 10.2 Å². The van der Waals surface area contributed by atoms with Crippen LogP contribution in [0.4, 0.5) is 13.2 Å². The second-order valence-corrected chi connectivity index (χ2v) is 4.01. The third-order valence-electron chi connectivity index (χ3n) is 1.66. The number of carbonyl (C=O) groups is 1. The Hall–Kier alpha value is -0.430. The zero-order valence-electron chi connectivity index (χ0n) is 8.73. The molecule has 1 amide bonds. The van der Waals surface area contributed by atoms with Gasteiger partial charge in [-0.3, -0.25) is 4.79 Å². The first kappa shape index (κ1) is 14.6. The van der Waals surface area contributed by atoms with E-state index in [1.807, 2.05) is 6.26 Å². The van der Waals surface area contributed by atoms with Crippen LogP contribution in [-0.4, -0.2) is 55.7 Å². The van der Waals surface area contributed by atoms with Crippen molar-refractivity contribution in [3.8, 4) is 0 Å². The average Bonchev–Trinajstić information content (AvgIpc) is 2.11. The van der Waals surface area contributed by atoms with Crippen molar-refractivity contribution in [3.63, 3.8) is 0 Å². The number of alkyl halides is 3. The summed E-state index contributed by atoms with van der Waals surface area (Å²) in [6.07, 6.45) is -2.36. The minimum Gasteiger partial charge on any atom is -0.344 e. The first-order valence-corrected chi connectivity index (χ1v) is 5.76. The van der Waals surface area contributed by atoms with E-state index in [2.05, 4.69) is 5.32 Å². The van der Waals surface area contributed by atoms with E-state index in [9.17, 15) is 18.0 Å². The summed E-state index contributed by atoms with van der Waals surface area (Å²) in [5, 5.41) is 2.06. The van der Waals surface area contributed by atoms with E-state index < -0.39 is 12.7 Å². The maximum Gasteiger partial charge on any atom is 0.401 e. The van der Waals surface area contributed by atoms with Crippen molar-refractivity contribution in [1.29, 1.82) is 0 Å². The average molecular weight is 244 g/mol. The number of thioether (sulfide) groups is 1. The molecule has 0 heterocycles. The largest absolute Gasteiger partial charge is 0.401 e. The molecular formula is C8H15F3N2OS. The first-order valence-electron chi connectivity index (χ1n) is 4.37. The van der Waals surface area contributed by atoms with E-state index in [0.717, 1.165) is 5.75 Å². The van der Waals surface area contributed by atoms with Gasteiger partial charge in [0.1, 0.15) is 0 Å². The topological polar surface area (TPSA) is 32.3 Å². The normalized spacial score (nSPS) is 11.5. The second kappa shape index (κ2) is 6.95. The predicted octanol–water partition coefficient (Wildman–Crippen LogP) is 0.960. The number of carbonyl (C=O) groups excluding carboxylic acids is 1. The van der Waals surface area contributed by atoms with Gasteiger partial charge >= 0.3 is 6.18 Å². The van der Waals surface area contributed by atoms with Gasteiger partial charge in [-0.1, -0.05) is 0 Å². The number of nitrogens with one attached hydrogen (secondary N) is 1. The SMILES string of the molecule is CSCCN(C)C(=O)CNCC(F)(F)F. The number of nitrogens with zero attached hydrogens (tertiary/aromatic N) is 1. The molecule has 0 unspecified atom stereocenters. The molecule has 3 nitrogen and oxygen atoms in total. The molecule has 0 spiro atoms. The highest BCUT2D eigenvalue weighted by molar-refractivity contribution is 7.98. The van der Waals surface area contributed by atoms with Gasteiger partial charge in [-0.25, -0.2) is 0 Å². The molecule has 0 aromatic rings. The molecule has 0 atom stereocenters. The molecule has 0 aromatic carbocycles. The minimum absolute atomic E-state index is 0.273. The van der Waals surface area contributed by atoms with Gasteiger partial charge in [0, 0.05) is 19.3 Å². The maximum atomic E-state index is 11.7. The number of halogens is 3. The van der Waals surface area contributed by atoms with Crippen molar-refractivity contribution in [2.24, 2.45) is 0 Å². The number of likely N-dealkylation sites (N-methyl/N-ethyl adjacent to an activating group) is 1. The maximum absolute atomic E-state index is 11.7. The lowest BCUT2D eigenvalue weighted by Gasteiger charge is -2.17. The fourth-order valence-corrected chi connectivity index (χ4v) is 1.26. The van der Waals surface area contributed by atoms with E-state index in [1.54, 1.807) is 18.8 Å². The van der Waals surface area contributed by atoms with Gasteiger partial charge in [0.25, 0.3) is 0 Å². The number of hydrogen-bond acceptors (Lipinski definition) is 3. The molecule has 0 aliphatic rings. The molecule has 90 valence electrons. The van der Waals surface area contributed by atoms with Gasteiger partial charge in [-0.15, -0.1) is 0 Å². The Morgan fingerprint density at radius 2 is 2.07 bits per heavy atom. The Morgan fingerprint density at radius 3 is 2.53 bits per heavy atom. The molecule has 0 fully saturated rings. The second-order valence-electron chi connectivity index (χ2n) is 3.03.